The minimum absolute atomic E-state index is 0.181. The van der Waals surface area contributed by atoms with Crippen molar-refractivity contribution in [2.24, 2.45) is 0 Å². The molecule has 6 nitrogen and oxygen atoms in total. The van der Waals surface area contributed by atoms with Gasteiger partial charge >= 0.3 is 5.97 Å². The van der Waals surface area contributed by atoms with E-state index in [-0.39, 0.29) is 19.0 Å². The zero-order chi connectivity index (χ0) is 28.9. The molecule has 0 bridgehead atoms. The Balaban J connectivity index is 1.42. The summed E-state index contributed by atoms with van der Waals surface area (Å²) in [5.74, 6) is 0.479. The average Bonchev–Trinajstić information content (AvgIpc) is 3.02. The molecular weight excluding hydrogens is 514 g/mol. The molecular formula is C35H37NO5. The Hall–Kier alpha value is -4.58. The van der Waals surface area contributed by atoms with Gasteiger partial charge in [-0.25, -0.2) is 0 Å². The maximum atomic E-state index is 13.6. The lowest BCUT2D eigenvalue weighted by molar-refractivity contribution is -0.141. The van der Waals surface area contributed by atoms with Crippen LogP contribution >= 0.6 is 0 Å². The molecule has 0 aromatic heterocycles. The standard InChI is InChI=1S/C35H37NO5/c1-3-4-10-27-17-19-29(20-18-27)26-41-33-16-9-14-31(22-33)35(38)36(24-34(37)39-2)23-30-13-8-15-32(21-30)40-25-28-11-6-5-7-12-28/h5-9,11-22H,3-4,10,23-26H2,1-2H3. The van der Waals surface area contributed by atoms with E-state index in [9.17, 15) is 9.59 Å². The number of ether oxygens (including phenoxy) is 3. The summed E-state index contributed by atoms with van der Waals surface area (Å²) in [5, 5.41) is 0. The van der Waals surface area contributed by atoms with E-state index >= 15 is 0 Å². The van der Waals surface area contributed by atoms with Crippen molar-refractivity contribution in [3.8, 4) is 11.5 Å². The fourth-order valence-electron chi connectivity index (χ4n) is 4.37. The third-order valence-electron chi connectivity index (χ3n) is 6.68. The van der Waals surface area contributed by atoms with Crippen LogP contribution in [0.15, 0.2) is 103 Å². The summed E-state index contributed by atoms with van der Waals surface area (Å²) in [5.41, 5.74) is 4.71. The molecule has 0 fully saturated rings. The first kappa shape index (κ1) is 29.4. The molecule has 0 unspecified atom stereocenters. The van der Waals surface area contributed by atoms with E-state index in [1.54, 1.807) is 18.2 Å². The third-order valence-corrected chi connectivity index (χ3v) is 6.68. The number of benzene rings is 4. The van der Waals surface area contributed by atoms with Crippen molar-refractivity contribution in [1.29, 1.82) is 0 Å². The molecule has 0 N–H and O–H groups in total. The summed E-state index contributed by atoms with van der Waals surface area (Å²) in [4.78, 5) is 27.3. The fraction of sp³-hybridized carbons (Fsp3) is 0.257. The zero-order valence-electron chi connectivity index (χ0n) is 23.8. The van der Waals surface area contributed by atoms with Crippen molar-refractivity contribution in [1.82, 2.24) is 4.90 Å². The van der Waals surface area contributed by atoms with Crippen molar-refractivity contribution in [2.75, 3.05) is 13.7 Å². The van der Waals surface area contributed by atoms with Gasteiger partial charge in [-0.1, -0.05) is 86.1 Å². The van der Waals surface area contributed by atoms with Gasteiger partial charge in [0.15, 0.2) is 0 Å². The smallest absolute Gasteiger partial charge is 0.325 e. The highest BCUT2D eigenvalue weighted by Crippen LogP contribution is 2.21. The molecule has 6 heteroatoms. The lowest BCUT2D eigenvalue weighted by atomic mass is 10.1. The number of unbranched alkanes of at least 4 members (excludes halogenated alkanes) is 1. The maximum absolute atomic E-state index is 13.6. The molecule has 4 rings (SSSR count). The lowest BCUT2D eigenvalue weighted by Crippen LogP contribution is -2.35. The molecule has 0 radical (unpaired) electrons. The maximum Gasteiger partial charge on any atom is 0.325 e. The van der Waals surface area contributed by atoms with E-state index in [0.717, 1.165) is 23.1 Å². The SMILES string of the molecule is CCCCc1ccc(COc2cccc(C(=O)N(CC(=O)OC)Cc3cccc(OCc4ccccc4)c3)c2)cc1. The van der Waals surface area contributed by atoms with Gasteiger partial charge < -0.3 is 19.1 Å². The van der Waals surface area contributed by atoms with Gasteiger partial charge in [0.25, 0.3) is 5.91 Å². The number of hydrogen-bond acceptors (Lipinski definition) is 5. The lowest BCUT2D eigenvalue weighted by Gasteiger charge is -2.22. The molecule has 4 aromatic carbocycles. The molecule has 4 aromatic rings. The Morgan fingerprint density at radius 3 is 1.98 bits per heavy atom. The first-order chi connectivity index (χ1) is 20.0. The van der Waals surface area contributed by atoms with Crippen LogP contribution in [-0.2, 0) is 35.7 Å². The van der Waals surface area contributed by atoms with E-state index in [1.165, 1.54) is 30.4 Å². The largest absolute Gasteiger partial charge is 0.489 e. The van der Waals surface area contributed by atoms with Crippen LogP contribution in [-0.4, -0.2) is 30.4 Å². The Morgan fingerprint density at radius 1 is 0.683 bits per heavy atom. The van der Waals surface area contributed by atoms with Crippen LogP contribution in [0.25, 0.3) is 0 Å². The van der Waals surface area contributed by atoms with Crippen LogP contribution in [0.5, 0.6) is 11.5 Å². The summed E-state index contributed by atoms with van der Waals surface area (Å²) in [7, 11) is 1.31. The second kappa shape index (κ2) is 15.3. The van der Waals surface area contributed by atoms with Crippen LogP contribution in [0.2, 0.25) is 0 Å². The van der Waals surface area contributed by atoms with Crippen molar-refractivity contribution in [3.63, 3.8) is 0 Å². The van der Waals surface area contributed by atoms with Crippen LogP contribution in [0.3, 0.4) is 0 Å². The van der Waals surface area contributed by atoms with Crippen LogP contribution in [0.1, 0.15) is 52.4 Å². The zero-order valence-corrected chi connectivity index (χ0v) is 23.8. The van der Waals surface area contributed by atoms with Crippen molar-refractivity contribution in [3.05, 3.63) is 131 Å². The minimum atomic E-state index is -0.496. The molecule has 0 aliphatic carbocycles. The number of nitrogens with zero attached hydrogens (tertiary/aromatic N) is 1. The number of aryl methyl sites for hydroxylation is 1. The second-order valence-electron chi connectivity index (χ2n) is 9.90. The molecule has 0 spiro atoms. The van der Waals surface area contributed by atoms with Gasteiger partial charge in [0.1, 0.15) is 31.3 Å². The normalized spacial score (nSPS) is 10.6. The summed E-state index contributed by atoms with van der Waals surface area (Å²) in [6, 6.07) is 32.9. The Kier molecular flexibility index (Phi) is 11.0. The fourth-order valence-corrected chi connectivity index (χ4v) is 4.37. The first-order valence-corrected chi connectivity index (χ1v) is 14.0. The van der Waals surface area contributed by atoms with Gasteiger partial charge in [-0.15, -0.1) is 0 Å². The van der Waals surface area contributed by atoms with Crippen LogP contribution < -0.4 is 9.47 Å². The molecule has 0 atom stereocenters. The number of carbonyl (C=O) groups is 2. The van der Waals surface area contributed by atoms with E-state index in [4.69, 9.17) is 14.2 Å². The van der Waals surface area contributed by atoms with E-state index in [0.29, 0.717) is 30.3 Å². The monoisotopic (exact) mass is 551 g/mol. The summed E-state index contributed by atoms with van der Waals surface area (Å²) < 4.78 is 16.8. The van der Waals surface area contributed by atoms with E-state index < -0.39 is 5.97 Å². The first-order valence-electron chi connectivity index (χ1n) is 14.0. The summed E-state index contributed by atoms with van der Waals surface area (Å²) >= 11 is 0. The minimum Gasteiger partial charge on any atom is -0.489 e. The Labute approximate surface area is 242 Å². The highest BCUT2D eigenvalue weighted by molar-refractivity contribution is 5.96. The number of carbonyl (C=O) groups excluding carboxylic acids is 2. The molecule has 0 aliphatic heterocycles. The van der Waals surface area contributed by atoms with Crippen LogP contribution in [0, 0.1) is 0 Å². The number of rotatable bonds is 14. The summed E-state index contributed by atoms with van der Waals surface area (Å²) in [6.45, 7) is 3.06. The van der Waals surface area contributed by atoms with Gasteiger partial charge in [-0.2, -0.15) is 0 Å². The molecule has 0 saturated heterocycles. The van der Waals surface area contributed by atoms with E-state index in [2.05, 4.69) is 31.2 Å². The quantitative estimate of drug-likeness (QED) is 0.158. The second-order valence-corrected chi connectivity index (χ2v) is 9.90. The highest BCUT2D eigenvalue weighted by atomic mass is 16.5. The number of esters is 1. The van der Waals surface area contributed by atoms with Gasteiger partial charge in [0.2, 0.25) is 0 Å². The van der Waals surface area contributed by atoms with Crippen molar-refractivity contribution in [2.45, 2.75) is 45.9 Å². The number of amides is 1. The number of hydrogen-bond donors (Lipinski definition) is 0. The average molecular weight is 552 g/mol. The Bertz CT molecular complexity index is 1400. The predicted molar refractivity (Wildman–Crippen MR) is 160 cm³/mol. The molecule has 41 heavy (non-hydrogen) atoms. The van der Waals surface area contributed by atoms with Crippen LogP contribution in [0.4, 0.5) is 0 Å². The topological polar surface area (TPSA) is 65.1 Å². The van der Waals surface area contributed by atoms with Crippen molar-refractivity contribution < 1.29 is 23.8 Å². The highest BCUT2D eigenvalue weighted by Gasteiger charge is 2.20. The van der Waals surface area contributed by atoms with Gasteiger partial charge in [-0.3, -0.25) is 9.59 Å². The van der Waals surface area contributed by atoms with Crippen molar-refractivity contribution >= 4 is 11.9 Å². The van der Waals surface area contributed by atoms with Gasteiger partial charge in [0.05, 0.1) is 7.11 Å². The third kappa shape index (κ3) is 9.24. The van der Waals surface area contributed by atoms with E-state index in [1.807, 2.05) is 60.7 Å². The molecule has 1 amide bonds. The predicted octanol–water partition coefficient (Wildman–Crippen LogP) is 7.00. The molecule has 212 valence electrons. The summed E-state index contributed by atoms with van der Waals surface area (Å²) in [6.07, 6.45) is 3.43. The molecule has 0 saturated carbocycles. The molecule has 0 heterocycles. The van der Waals surface area contributed by atoms with Gasteiger partial charge in [-0.05, 0) is 65.4 Å². The van der Waals surface area contributed by atoms with Gasteiger partial charge in [0, 0.05) is 12.1 Å². The Morgan fingerprint density at radius 2 is 1.29 bits per heavy atom. The number of methoxy groups -OCH3 is 1. The molecule has 0 aliphatic rings.